The number of fused-ring (bicyclic) bond motifs is 1. The summed E-state index contributed by atoms with van der Waals surface area (Å²) in [5.41, 5.74) is 3.91. The Hall–Kier alpha value is -2.17. The van der Waals surface area contributed by atoms with Crippen molar-refractivity contribution in [3.8, 4) is 0 Å². The summed E-state index contributed by atoms with van der Waals surface area (Å²) in [5.74, 6) is 0. The third kappa shape index (κ3) is 4.16. The molecule has 5 nitrogen and oxygen atoms in total. The predicted octanol–water partition coefficient (Wildman–Crippen LogP) is 2.11. The number of rotatable bonds is 6. The van der Waals surface area contributed by atoms with Crippen molar-refractivity contribution in [3.63, 3.8) is 0 Å². The summed E-state index contributed by atoms with van der Waals surface area (Å²) >= 11 is 0. The third-order valence-corrected chi connectivity index (χ3v) is 3.91. The molecule has 0 radical (unpaired) electrons. The Kier molecular flexibility index (Phi) is 5.69. The van der Waals surface area contributed by atoms with Gasteiger partial charge in [0.15, 0.2) is 0 Å². The quantitative estimate of drug-likeness (QED) is 0.645. The van der Waals surface area contributed by atoms with Gasteiger partial charge in [-0.2, -0.15) is 5.10 Å². The Bertz CT molecular complexity index is 538. The first kappa shape index (κ1) is 16.2. The minimum atomic E-state index is 0.774. The van der Waals surface area contributed by atoms with Crippen LogP contribution in [0.4, 0.5) is 11.4 Å². The molecule has 5 heteroatoms. The minimum Gasteiger partial charge on any atom is -0.393 e. The van der Waals surface area contributed by atoms with Gasteiger partial charge < -0.3 is 15.1 Å². The maximum absolute atomic E-state index is 4.51. The molecule has 120 valence electrons. The van der Waals surface area contributed by atoms with Crippen LogP contribution >= 0.6 is 0 Å². The standard InChI is InChI=1S/C17H27N5/c1-18-9-12-20(2)13-10-19-22(4)16-7-8-17-15(14-16)6-5-11-21(17)3/h7-10,12,14,18H,5-6,11,13H2,1-4H3/b12-9-,19-10+. The fraction of sp³-hybridized carbons (Fsp3) is 0.471. The van der Waals surface area contributed by atoms with E-state index in [1.54, 1.807) is 0 Å². The lowest BCUT2D eigenvalue weighted by Crippen LogP contribution is -2.25. The molecule has 0 unspecified atom stereocenters. The van der Waals surface area contributed by atoms with Crippen molar-refractivity contribution in [2.24, 2.45) is 5.10 Å². The number of nitrogens with one attached hydrogen (secondary N) is 1. The summed E-state index contributed by atoms with van der Waals surface area (Å²) in [7, 11) is 8.07. The van der Waals surface area contributed by atoms with Gasteiger partial charge in [0.25, 0.3) is 0 Å². The predicted molar refractivity (Wildman–Crippen MR) is 95.8 cm³/mol. The second kappa shape index (κ2) is 7.73. The van der Waals surface area contributed by atoms with Gasteiger partial charge in [-0.15, -0.1) is 0 Å². The van der Waals surface area contributed by atoms with E-state index in [1.807, 2.05) is 44.8 Å². The lowest BCUT2D eigenvalue weighted by molar-refractivity contribution is 0.525. The van der Waals surface area contributed by atoms with Crippen molar-refractivity contribution < 1.29 is 0 Å². The minimum absolute atomic E-state index is 0.774. The molecule has 1 aromatic rings. The zero-order chi connectivity index (χ0) is 15.9. The van der Waals surface area contributed by atoms with Crippen LogP contribution in [-0.4, -0.2) is 52.4 Å². The molecule has 0 aromatic heterocycles. The zero-order valence-corrected chi connectivity index (χ0v) is 14.1. The number of hydrazone groups is 1. The Morgan fingerprint density at radius 1 is 1.36 bits per heavy atom. The van der Waals surface area contributed by atoms with Gasteiger partial charge in [0.05, 0.1) is 12.2 Å². The molecule has 1 aliphatic heterocycles. The molecule has 1 heterocycles. The number of nitrogens with zero attached hydrogens (tertiary/aromatic N) is 4. The van der Waals surface area contributed by atoms with Crippen LogP contribution in [0.15, 0.2) is 35.7 Å². The Morgan fingerprint density at radius 2 is 2.18 bits per heavy atom. The number of anilines is 2. The molecule has 0 atom stereocenters. The molecule has 0 amide bonds. The van der Waals surface area contributed by atoms with Crippen molar-refractivity contribution in [1.29, 1.82) is 0 Å². The highest BCUT2D eigenvalue weighted by atomic mass is 15.4. The van der Waals surface area contributed by atoms with E-state index in [1.165, 1.54) is 17.7 Å². The molecular formula is C17H27N5. The van der Waals surface area contributed by atoms with Crippen molar-refractivity contribution in [2.45, 2.75) is 12.8 Å². The highest BCUT2D eigenvalue weighted by molar-refractivity contribution is 5.65. The summed E-state index contributed by atoms with van der Waals surface area (Å²) in [6, 6.07) is 6.60. The average molecular weight is 301 g/mol. The highest BCUT2D eigenvalue weighted by Crippen LogP contribution is 2.29. The van der Waals surface area contributed by atoms with Crippen LogP contribution in [0, 0.1) is 0 Å². The van der Waals surface area contributed by atoms with Gasteiger partial charge in [-0.05, 0) is 36.6 Å². The normalized spacial score (nSPS) is 14.5. The number of benzene rings is 1. The van der Waals surface area contributed by atoms with E-state index in [4.69, 9.17) is 0 Å². The van der Waals surface area contributed by atoms with Gasteiger partial charge in [-0.1, -0.05) is 0 Å². The maximum Gasteiger partial charge on any atom is 0.0594 e. The van der Waals surface area contributed by atoms with Crippen LogP contribution in [0.1, 0.15) is 12.0 Å². The van der Waals surface area contributed by atoms with Crippen LogP contribution in [0.5, 0.6) is 0 Å². The molecule has 1 aromatic carbocycles. The van der Waals surface area contributed by atoms with Crippen LogP contribution in [0.25, 0.3) is 0 Å². The van der Waals surface area contributed by atoms with Crippen LogP contribution < -0.4 is 15.2 Å². The molecule has 1 aliphatic rings. The Balaban J connectivity index is 1.98. The number of hydrogen-bond acceptors (Lipinski definition) is 5. The van der Waals surface area contributed by atoms with Crippen molar-refractivity contribution in [2.75, 3.05) is 51.2 Å². The summed E-state index contributed by atoms with van der Waals surface area (Å²) < 4.78 is 0. The van der Waals surface area contributed by atoms with Gasteiger partial charge in [-0.25, -0.2) is 0 Å². The highest BCUT2D eigenvalue weighted by Gasteiger charge is 2.14. The first-order valence-corrected chi connectivity index (χ1v) is 7.76. The molecule has 0 saturated carbocycles. The third-order valence-electron chi connectivity index (χ3n) is 3.91. The second-order valence-electron chi connectivity index (χ2n) is 5.70. The summed E-state index contributed by atoms with van der Waals surface area (Å²) in [6.45, 7) is 1.92. The smallest absolute Gasteiger partial charge is 0.0594 e. The average Bonchev–Trinajstić information content (AvgIpc) is 2.52. The van der Waals surface area contributed by atoms with Gasteiger partial charge in [0, 0.05) is 59.0 Å². The van der Waals surface area contributed by atoms with E-state index < -0.39 is 0 Å². The van der Waals surface area contributed by atoms with Crippen LogP contribution in [-0.2, 0) is 6.42 Å². The molecule has 0 fully saturated rings. The van der Waals surface area contributed by atoms with Crippen molar-refractivity contribution in [3.05, 3.63) is 36.2 Å². The van der Waals surface area contributed by atoms with Gasteiger partial charge >= 0.3 is 0 Å². The zero-order valence-electron chi connectivity index (χ0n) is 14.1. The van der Waals surface area contributed by atoms with E-state index in [2.05, 4.69) is 45.5 Å². The van der Waals surface area contributed by atoms with E-state index in [0.717, 1.165) is 25.2 Å². The first-order valence-electron chi connectivity index (χ1n) is 7.76. The molecule has 0 saturated heterocycles. The van der Waals surface area contributed by atoms with Gasteiger partial charge in [0.2, 0.25) is 0 Å². The SMILES string of the molecule is CN/C=C\N(C)C/C=N/N(C)c1ccc2c(c1)CCCN2C. The fourth-order valence-corrected chi connectivity index (χ4v) is 2.59. The van der Waals surface area contributed by atoms with E-state index in [9.17, 15) is 0 Å². The topological polar surface area (TPSA) is 34.1 Å². The molecule has 0 aliphatic carbocycles. The molecule has 1 N–H and O–H groups in total. The first-order chi connectivity index (χ1) is 10.6. The maximum atomic E-state index is 4.51. The van der Waals surface area contributed by atoms with E-state index in [0.29, 0.717) is 0 Å². The second-order valence-corrected chi connectivity index (χ2v) is 5.70. The summed E-state index contributed by atoms with van der Waals surface area (Å²) in [5, 5.41) is 9.42. The van der Waals surface area contributed by atoms with Crippen molar-refractivity contribution >= 4 is 17.6 Å². The molecule has 22 heavy (non-hydrogen) atoms. The molecule has 0 bridgehead atoms. The monoisotopic (exact) mass is 301 g/mol. The molecular weight excluding hydrogens is 274 g/mol. The number of hydrogen-bond donors (Lipinski definition) is 1. The molecule has 2 rings (SSSR count). The van der Waals surface area contributed by atoms with E-state index >= 15 is 0 Å². The molecule has 0 spiro atoms. The summed E-state index contributed by atoms with van der Waals surface area (Å²) in [6.07, 6.45) is 8.19. The van der Waals surface area contributed by atoms with Crippen LogP contribution in [0.2, 0.25) is 0 Å². The number of aryl methyl sites for hydroxylation is 1. The Morgan fingerprint density at radius 3 is 2.95 bits per heavy atom. The lowest BCUT2D eigenvalue weighted by atomic mass is 10.0. The summed E-state index contributed by atoms with van der Waals surface area (Å²) in [4.78, 5) is 4.39. The van der Waals surface area contributed by atoms with E-state index in [-0.39, 0.29) is 0 Å². The van der Waals surface area contributed by atoms with Crippen LogP contribution in [0.3, 0.4) is 0 Å². The van der Waals surface area contributed by atoms with Crippen molar-refractivity contribution in [1.82, 2.24) is 10.2 Å². The Labute approximate surface area is 133 Å². The largest absolute Gasteiger partial charge is 0.393 e. The van der Waals surface area contributed by atoms with Gasteiger partial charge in [0.1, 0.15) is 0 Å². The fourth-order valence-electron chi connectivity index (χ4n) is 2.59. The van der Waals surface area contributed by atoms with Gasteiger partial charge in [-0.3, -0.25) is 5.01 Å². The lowest BCUT2D eigenvalue weighted by Gasteiger charge is -2.28.